The average molecular weight is 158 g/mol. The molecule has 0 amide bonds. The number of carbonyl (C=O) groups excluding carboxylic acids is 1. The number of rotatable bonds is 5. The molecule has 0 rings (SSSR count). The van der Waals surface area contributed by atoms with Crippen molar-refractivity contribution in [3.05, 3.63) is 0 Å². The standard InChI is InChI=1S/C9H18O2/c1-5-8(2)9(3,11-4)6-7-10/h7-8H,5-6H2,1-4H3. The average Bonchev–Trinajstić information content (AvgIpc) is 2.03. The Morgan fingerprint density at radius 2 is 2.18 bits per heavy atom. The van der Waals surface area contributed by atoms with Crippen molar-refractivity contribution in [3.8, 4) is 0 Å². The summed E-state index contributed by atoms with van der Waals surface area (Å²) in [4.78, 5) is 10.3. The topological polar surface area (TPSA) is 26.3 Å². The summed E-state index contributed by atoms with van der Waals surface area (Å²) in [5, 5.41) is 0. The summed E-state index contributed by atoms with van der Waals surface area (Å²) in [6.45, 7) is 6.19. The van der Waals surface area contributed by atoms with E-state index in [9.17, 15) is 4.79 Å². The van der Waals surface area contributed by atoms with Gasteiger partial charge in [0.2, 0.25) is 0 Å². The van der Waals surface area contributed by atoms with Crippen LogP contribution < -0.4 is 0 Å². The van der Waals surface area contributed by atoms with Gasteiger partial charge in [0, 0.05) is 13.5 Å². The predicted octanol–water partition coefficient (Wildman–Crippen LogP) is 2.03. The van der Waals surface area contributed by atoms with Crippen LogP contribution in [0.25, 0.3) is 0 Å². The van der Waals surface area contributed by atoms with E-state index in [0.717, 1.165) is 12.7 Å². The molecule has 0 saturated heterocycles. The lowest BCUT2D eigenvalue weighted by Gasteiger charge is -2.32. The third kappa shape index (κ3) is 2.62. The van der Waals surface area contributed by atoms with Crippen molar-refractivity contribution in [1.82, 2.24) is 0 Å². The monoisotopic (exact) mass is 158 g/mol. The van der Waals surface area contributed by atoms with E-state index in [1.165, 1.54) is 0 Å². The fourth-order valence-electron chi connectivity index (χ4n) is 1.08. The predicted molar refractivity (Wildman–Crippen MR) is 45.6 cm³/mol. The molecule has 0 bridgehead atoms. The van der Waals surface area contributed by atoms with Gasteiger partial charge >= 0.3 is 0 Å². The highest BCUT2D eigenvalue weighted by Crippen LogP contribution is 2.26. The van der Waals surface area contributed by atoms with Crippen LogP contribution in [0.3, 0.4) is 0 Å². The molecule has 0 N–H and O–H groups in total. The van der Waals surface area contributed by atoms with E-state index in [1.807, 2.05) is 6.92 Å². The smallest absolute Gasteiger partial charge is 0.122 e. The van der Waals surface area contributed by atoms with Crippen LogP contribution in [0.4, 0.5) is 0 Å². The van der Waals surface area contributed by atoms with Crippen LogP contribution in [0.2, 0.25) is 0 Å². The first-order chi connectivity index (χ1) is 5.10. The van der Waals surface area contributed by atoms with Gasteiger partial charge in [-0.3, -0.25) is 0 Å². The van der Waals surface area contributed by atoms with E-state index in [4.69, 9.17) is 4.74 Å². The zero-order valence-corrected chi connectivity index (χ0v) is 7.89. The Morgan fingerprint density at radius 1 is 1.64 bits per heavy atom. The molecular formula is C9H18O2. The number of hydrogen-bond donors (Lipinski definition) is 0. The van der Waals surface area contributed by atoms with Crippen molar-refractivity contribution < 1.29 is 9.53 Å². The van der Waals surface area contributed by atoms with Gasteiger partial charge < -0.3 is 9.53 Å². The quantitative estimate of drug-likeness (QED) is 0.572. The molecule has 2 unspecified atom stereocenters. The zero-order valence-electron chi connectivity index (χ0n) is 7.89. The highest BCUT2D eigenvalue weighted by molar-refractivity contribution is 5.51. The maximum absolute atomic E-state index is 10.3. The molecule has 2 atom stereocenters. The summed E-state index contributed by atoms with van der Waals surface area (Å²) in [6.07, 6.45) is 2.45. The lowest BCUT2D eigenvalue weighted by atomic mass is 9.86. The van der Waals surface area contributed by atoms with Crippen LogP contribution >= 0.6 is 0 Å². The molecule has 0 radical (unpaired) electrons. The van der Waals surface area contributed by atoms with Crippen LogP contribution in [0.5, 0.6) is 0 Å². The lowest BCUT2D eigenvalue weighted by Crippen LogP contribution is -2.35. The van der Waals surface area contributed by atoms with Crippen molar-refractivity contribution in [2.75, 3.05) is 7.11 Å². The first kappa shape index (κ1) is 10.6. The Bertz CT molecular complexity index is 123. The van der Waals surface area contributed by atoms with E-state index in [-0.39, 0.29) is 5.60 Å². The van der Waals surface area contributed by atoms with Crippen LogP contribution in [0, 0.1) is 5.92 Å². The van der Waals surface area contributed by atoms with Gasteiger partial charge in [0.25, 0.3) is 0 Å². The van der Waals surface area contributed by atoms with E-state index in [2.05, 4.69) is 13.8 Å². The summed E-state index contributed by atoms with van der Waals surface area (Å²) in [5.41, 5.74) is -0.267. The number of carbonyl (C=O) groups is 1. The number of aldehydes is 1. The first-order valence-corrected chi connectivity index (χ1v) is 4.09. The third-order valence-corrected chi connectivity index (χ3v) is 2.61. The Labute approximate surface area is 68.9 Å². The van der Waals surface area contributed by atoms with Gasteiger partial charge in [0.15, 0.2) is 0 Å². The molecule has 0 aliphatic rings. The van der Waals surface area contributed by atoms with Crippen molar-refractivity contribution in [1.29, 1.82) is 0 Å². The molecular weight excluding hydrogens is 140 g/mol. The Kier molecular flexibility index (Phi) is 4.34. The summed E-state index contributed by atoms with van der Waals surface area (Å²) >= 11 is 0. The second-order valence-electron chi connectivity index (χ2n) is 3.20. The van der Waals surface area contributed by atoms with Gasteiger partial charge in [-0.15, -0.1) is 0 Å². The van der Waals surface area contributed by atoms with Crippen molar-refractivity contribution in [2.24, 2.45) is 5.92 Å². The molecule has 0 saturated carbocycles. The second-order valence-corrected chi connectivity index (χ2v) is 3.20. The highest BCUT2D eigenvalue weighted by atomic mass is 16.5. The van der Waals surface area contributed by atoms with Gasteiger partial charge in [0.1, 0.15) is 6.29 Å². The lowest BCUT2D eigenvalue weighted by molar-refractivity contribution is -0.116. The van der Waals surface area contributed by atoms with Gasteiger partial charge in [-0.1, -0.05) is 20.3 Å². The van der Waals surface area contributed by atoms with Crippen LogP contribution in [-0.4, -0.2) is 19.0 Å². The Hall–Kier alpha value is -0.370. The van der Waals surface area contributed by atoms with E-state index < -0.39 is 0 Å². The van der Waals surface area contributed by atoms with Gasteiger partial charge in [0.05, 0.1) is 5.60 Å². The molecule has 0 aliphatic heterocycles. The Balaban J connectivity index is 4.18. The normalized spacial score (nSPS) is 18.9. The highest BCUT2D eigenvalue weighted by Gasteiger charge is 2.28. The Morgan fingerprint density at radius 3 is 2.45 bits per heavy atom. The molecule has 0 spiro atoms. The molecule has 0 heterocycles. The molecule has 66 valence electrons. The van der Waals surface area contributed by atoms with E-state index in [0.29, 0.717) is 12.3 Å². The maximum Gasteiger partial charge on any atom is 0.122 e. The largest absolute Gasteiger partial charge is 0.378 e. The minimum atomic E-state index is -0.267. The van der Waals surface area contributed by atoms with E-state index in [1.54, 1.807) is 7.11 Å². The number of methoxy groups -OCH3 is 1. The molecule has 2 heteroatoms. The third-order valence-electron chi connectivity index (χ3n) is 2.61. The molecule has 0 aromatic rings. The molecule has 0 aliphatic carbocycles. The minimum absolute atomic E-state index is 0.267. The summed E-state index contributed by atoms with van der Waals surface area (Å²) in [7, 11) is 1.66. The molecule has 0 aromatic carbocycles. The van der Waals surface area contributed by atoms with E-state index >= 15 is 0 Å². The van der Waals surface area contributed by atoms with Gasteiger partial charge in [-0.05, 0) is 12.8 Å². The van der Waals surface area contributed by atoms with Gasteiger partial charge in [-0.25, -0.2) is 0 Å². The molecule has 0 fully saturated rings. The number of ether oxygens (including phenoxy) is 1. The maximum atomic E-state index is 10.3. The van der Waals surface area contributed by atoms with Crippen molar-refractivity contribution in [3.63, 3.8) is 0 Å². The van der Waals surface area contributed by atoms with Gasteiger partial charge in [-0.2, -0.15) is 0 Å². The van der Waals surface area contributed by atoms with Crippen LogP contribution in [0.15, 0.2) is 0 Å². The molecule has 2 nitrogen and oxygen atoms in total. The fourth-order valence-corrected chi connectivity index (χ4v) is 1.08. The molecule has 0 aromatic heterocycles. The summed E-state index contributed by atoms with van der Waals surface area (Å²) in [5.74, 6) is 0.428. The SMILES string of the molecule is CCC(C)C(C)(CC=O)OC. The molecule has 11 heavy (non-hydrogen) atoms. The van der Waals surface area contributed by atoms with Crippen LogP contribution in [-0.2, 0) is 9.53 Å². The minimum Gasteiger partial charge on any atom is -0.378 e. The second kappa shape index (κ2) is 4.50. The summed E-state index contributed by atoms with van der Waals surface area (Å²) < 4.78 is 5.30. The van der Waals surface area contributed by atoms with Crippen LogP contribution in [0.1, 0.15) is 33.6 Å². The van der Waals surface area contributed by atoms with Crippen molar-refractivity contribution >= 4 is 6.29 Å². The fraction of sp³-hybridized carbons (Fsp3) is 0.889. The number of hydrogen-bond acceptors (Lipinski definition) is 2. The van der Waals surface area contributed by atoms with Crippen molar-refractivity contribution in [2.45, 2.75) is 39.2 Å². The zero-order chi connectivity index (χ0) is 8.91. The first-order valence-electron chi connectivity index (χ1n) is 4.09. The summed E-state index contributed by atoms with van der Waals surface area (Å²) in [6, 6.07) is 0.